The van der Waals surface area contributed by atoms with E-state index in [4.69, 9.17) is 28.4 Å². The van der Waals surface area contributed by atoms with Crippen LogP contribution in [0.4, 0.5) is 0 Å². The maximum absolute atomic E-state index is 13.4. The fraction of sp³-hybridized carbons (Fsp3) is 0.423. The van der Waals surface area contributed by atoms with Crippen LogP contribution in [0.2, 0.25) is 0 Å². The molecule has 0 saturated carbocycles. The van der Waals surface area contributed by atoms with Gasteiger partial charge in [-0.15, -0.1) is 0 Å². The molecular weight excluding hydrogens is 1080 g/mol. The summed E-state index contributed by atoms with van der Waals surface area (Å²) in [7, 11) is 0. The number of benzene rings is 9. The molecule has 458 valence electrons. The molecular formula is C78H92O9. The van der Waals surface area contributed by atoms with E-state index in [1.54, 1.807) is 0 Å². The standard InChI is InChI=1S/C78H92O9/c79-76(73-67-43-25-19-37-60(67)55-61-38-20-26-44-68(61)73)85-52-34-16-10-3-1-7-13-31-49-82-58-66(84-51-33-15-9-5-6-12-18-36-54-87-78(81)75-71-47-29-23-41-64(71)57-65-42-24-30-48-72(65)75)59-83-50-32-14-8-2-4-11-17-35-53-86-77(80)74-69-45-27-21-39-62(69)56-63-40-22-28-46-70(63)74/h19-30,37-48,55-57,66H,1-18,31-36,49-54,58-59H2. The number of carbonyl (C=O) groups excluding carboxylic acids is 3. The van der Waals surface area contributed by atoms with Gasteiger partial charge < -0.3 is 28.4 Å². The first-order valence-corrected chi connectivity index (χ1v) is 33.0. The number of unbranched alkanes of at least 4 members (excludes halogenated alkanes) is 21. The summed E-state index contributed by atoms with van der Waals surface area (Å²) in [6.07, 6.45) is 26.4. The smallest absolute Gasteiger partial charge is 0.339 e. The summed E-state index contributed by atoms with van der Waals surface area (Å²) >= 11 is 0. The third-order valence-electron chi connectivity index (χ3n) is 17.0. The molecule has 9 rings (SSSR count). The minimum atomic E-state index is -0.237. The monoisotopic (exact) mass is 1170 g/mol. The summed E-state index contributed by atoms with van der Waals surface area (Å²) in [4.78, 5) is 40.0. The zero-order valence-corrected chi connectivity index (χ0v) is 51.5. The molecule has 9 aromatic rings. The van der Waals surface area contributed by atoms with E-state index in [0.29, 0.717) is 56.3 Å². The van der Waals surface area contributed by atoms with Crippen LogP contribution in [0, 0.1) is 0 Å². The molecule has 0 aliphatic heterocycles. The van der Waals surface area contributed by atoms with Gasteiger partial charge in [0.2, 0.25) is 0 Å². The molecule has 0 spiro atoms. The minimum Gasteiger partial charge on any atom is -0.462 e. The number of fused-ring (bicyclic) bond motifs is 6. The maximum atomic E-state index is 13.4. The van der Waals surface area contributed by atoms with E-state index in [-0.39, 0.29) is 24.0 Å². The number of rotatable bonds is 41. The van der Waals surface area contributed by atoms with Gasteiger partial charge in [-0.1, -0.05) is 261 Å². The predicted molar refractivity (Wildman–Crippen MR) is 357 cm³/mol. The molecule has 0 atom stereocenters. The van der Waals surface area contributed by atoms with E-state index in [1.807, 2.05) is 109 Å². The molecule has 87 heavy (non-hydrogen) atoms. The SMILES string of the molecule is O=C(OCCCCCCCCCCOCC(COCCCCCCCCCCOC(=O)c1c2ccccc2cc2ccccc12)OCCCCCCCCCCOC(=O)c1c2ccccc2cc2ccccc12)c1c2ccccc2cc2ccccc12. The molecule has 0 N–H and O–H groups in total. The Hall–Kier alpha value is -7.17. The van der Waals surface area contributed by atoms with Crippen molar-refractivity contribution >= 4 is 82.5 Å². The van der Waals surface area contributed by atoms with Gasteiger partial charge in [-0.2, -0.15) is 0 Å². The number of hydrogen-bond acceptors (Lipinski definition) is 9. The van der Waals surface area contributed by atoms with Gasteiger partial charge in [0.15, 0.2) is 0 Å². The second kappa shape index (κ2) is 36.2. The summed E-state index contributed by atoms with van der Waals surface area (Å²) < 4.78 is 36.3. The van der Waals surface area contributed by atoms with E-state index in [1.165, 1.54) is 57.8 Å². The van der Waals surface area contributed by atoms with Gasteiger partial charge in [0.05, 0.1) is 49.7 Å². The Labute approximate surface area is 516 Å². The van der Waals surface area contributed by atoms with Crippen molar-refractivity contribution in [2.24, 2.45) is 0 Å². The van der Waals surface area contributed by atoms with Crippen molar-refractivity contribution in [1.82, 2.24) is 0 Å². The van der Waals surface area contributed by atoms with Crippen molar-refractivity contribution in [3.05, 3.63) is 180 Å². The Balaban J connectivity index is 0.601. The van der Waals surface area contributed by atoms with Crippen LogP contribution in [-0.2, 0) is 28.4 Å². The largest absolute Gasteiger partial charge is 0.462 e. The van der Waals surface area contributed by atoms with Gasteiger partial charge in [-0.05, 0) is 121 Å². The molecule has 0 heterocycles. The summed E-state index contributed by atoms with van der Waals surface area (Å²) in [5.74, 6) is -0.710. The third-order valence-corrected chi connectivity index (χ3v) is 17.0. The van der Waals surface area contributed by atoms with Crippen molar-refractivity contribution in [3.8, 4) is 0 Å². The molecule has 9 aromatic carbocycles. The van der Waals surface area contributed by atoms with Gasteiger partial charge in [0, 0.05) is 19.8 Å². The Morgan fingerprint density at radius 3 is 0.713 bits per heavy atom. The Bertz CT molecular complexity index is 3250. The lowest BCUT2D eigenvalue weighted by Gasteiger charge is -2.18. The normalized spacial score (nSPS) is 11.7. The lowest BCUT2D eigenvalue weighted by molar-refractivity contribution is -0.0616. The van der Waals surface area contributed by atoms with Crippen LogP contribution in [0.1, 0.15) is 185 Å². The van der Waals surface area contributed by atoms with E-state index in [2.05, 4.69) is 54.6 Å². The van der Waals surface area contributed by atoms with E-state index in [0.717, 1.165) is 174 Å². The second-order valence-electron chi connectivity index (χ2n) is 23.6. The highest BCUT2D eigenvalue weighted by Crippen LogP contribution is 2.32. The van der Waals surface area contributed by atoms with Crippen LogP contribution in [0.15, 0.2) is 164 Å². The van der Waals surface area contributed by atoms with Crippen LogP contribution in [-0.4, -0.2) is 76.9 Å². The molecule has 0 aromatic heterocycles. The van der Waals surface area contributed by atoms with Crippen LogP contribution in [0.25, 0.3) is 64.6 Å². The topological polar surface area (TPSA) is 107 Å². The zero-order chi connectivity index (χ0) is 59.9. The van der Waals surface area contributed by atoms with Gasteiger partial charge in [0.1, 0.15) is 6.10 Å². The highest BCUT2D eigenvalue weighted by atomic mass is 16.6. The average molecular weight is 1170 g/mol. The van der Waals surface area contributed by atoms with Crippen molar-refractivity contribution in [1.29, 1.82) is 0 Å². The van der Waals surface area contributed by atoms with Crippen LogP contribution in [0.3, 0.4) is 0 Å². The van der Waals surface area contributed by atoms with Crippen LogP contribution >= 0.6 is 0 Å². The Morgan fingerprint density at radius 2 is 0.460 bits per heavy atom. The first-order valence-electron chi connectivity index (χ1n) is 33.0. The molecule has 0 saturated heterocycles. The summed E-state index contributed by atoms with van der Waals surface area (Å²) in [5.41, 5.74) is 2.00. The van der Waals surface area contributed by atoms with Crippen molar-refractivity contribution < 1.29 is 42.8 Å². The quantitative estimate of drug-likeness (QED) is 0.0160. The summed E-state index contributed by atoms with van der Waals surface area (Å²) in [6.45, 7) is 4.60. The molecule has 0 radical (unpaired) electrons. The van der Waals surface area contributed by atoms with Gasteiger partial charge in [-0.25, -0.2) is 14.4 Å². The minimum absolute atomic E-state index is 0.0743. The van der Waals surface area contributed by atoms with Crippen molar-refractivity contribution in [2.45, 2.75) is 160 Å². The zero-order valence-electron chi connectivity index (χ0n) is 51.5. The van der Waals surface area contributed by atoms with Crippen LogP contribution < -0.4 is 0 Å². The number of esters is 3. The number of hydrogen-bond donors (Lipinski definition) is 0. The fourth-order valence-electron chi connectivity index (χ4n) is 12.2. The third kappa shape index (κ3) is 19.7. The Morgan fingerprint density at radius 1 is 0.253 bits per heavy atom. The molecule has 0 fully saturated rings. The average Bonchev–Trinajstić information content (AvgIpc) is 2.21. The fourth-order valence-corrected chi connectivity index (χ4v) is 12.2. The molecule has 0 bridgehead atoms. The maximum Gasteiger partial charge on any atom is 0.339 e. The van der Waals surface area contributed by atoms with Crippen LogP contribution in [0.5, 0.6) is 0 Å². The molecule has 0 aliphatic rings. The van der Waals surface area contributed by atoms with Crippen molar-refractivity contribution in [2.75, 3.05) is 52.9 Å². The summed E-state index contributed by atoms with van der Waals surface area (Å²) in [5, 5.41) is 12.0. The van der Waals surface area contributed by atoms with E-state index < -0.39 is 0 Å². The first kappa shape index (κ1) is 64.3. The molecule has 9 heteroatoms. The molecule has 9 nitrogen and oxygen atoms in total. The molecule has 0 amide bonds. The Kier molecular flexibility index (Phi) is 26.8. The highest BCUT2D eigenvalue weighted by molar-refractivity contribution is 6.18. The highest BCUT2D eigenvalue weighted by Gasteiger charge is 2.19. The van der Waals surface area contributed by atoms with Gasteiger partial charge in [0.25, 0.3) is 0 Å². The molecule has 0 aliphatic carbocycles. The number of ether oxygens (including phenoxy) is 6. The molecule has 0 unspecified atom stereocenters. The van der Waals surface area contributed by atoms with Gasteiger partial charge >= 0.3 is 17.9 Å². The lowest BCUT2D eigenvalue weighted by Crippen LogP contribution is -2.26. The lowest BCUT2D eigenvalue weighted by atomic mass is 9.97. The second-order valence-corrected chi connectivity index (χ2v) is 23.6. The first-order chi connectivity index (χ1) is 43.0. The van der Waals surface area contributed by atoms with Gasteiger partial charge in [-0.3, -0.25) is 0 Å². The summed E-state index contributed by atoms with van der Waals surface area (Å²) in [6, 6.07) is 54.7. The predicted octanol–water partition coefficient (Wildman–Crippen LogP) is 20.3. The number of carbonyl (C=O) groups is 3. The van der Waals surface area contributed by atoms with Crippen molar-refractivity contribution in [3.63, 3.8) is 0 Å². The van der Waals surface area contributed by atoms with E-state index >= 15 is 0 Å². The van der Waals surface area contributed by atoms with E-state index in [9.17, 15) is 14.4 Å².